The third-order valence-corrected chi connectivity index (χ3v) is 4.38. The van der Waals surface area contributed by atoms with Gasteiger partial charge in [-0.1, -0.05) is 18.2 Å². The Kier molecular flexibility index (Phi) is 4.90. The second kappa shape index (κ2) is 7.82. The first-order chi connectivity index (χ1) is 14.1. The van der Waals surface area contributed by atoms with E-state index in [1.165, 1.54) is 0 Å². The smallest absolute Gasteiger partial charge is 0.127 e. The summed E-state index contributed by atoms with van der Waals surface area (Å²) < 4.78 is 5.84. The van der Waals surface area contributed by atoms with Crippen molar-refractivity contribution >= 4 is 11.5 Å². The molecule has 6 heteroatoms. The number of ether oxygens (including phenoxy) is 1. The lowest BCUT2D eigenvalue weighted by atomic mass is 10.0. The van der Waals surface area contributed by atoms with Crippen LogP contribution in [0.3, 0.4) is 0 Å². The SMILES string of the molecule is N=C(N)c1c(N)cc(-c2cccnc2)nc1-c1ccc(Oc2ccccc2)cc1. The van der Waals surface area contributed by atoms with Crippen molar-refractivity contribution in [2.45, 2.75) is 0 Å². The number of nitrogens with two attached hydrogens (primary N) is 2. The van der Waals surface area contributed by atoms with E-state index in [1.54, 1.807) is 18.5 Å². The Balaban J connectivity index is 1.75. The van der Waals surface area contributed by atoms with Gasteiger partial charge in [-0.3, -0.25) is 10.4 Å². The zero-order valence-electron chi connectivity index (χ0n) is 15.5. The molecule has 4 rings (SSSR count). The normalized spacial score (nSPS) is 10.5. The molecule has 0 amide bonds. The molecule has 4 aromatic rings. The summed E-state index contributed by atoms with van der Waals surface area (Å²) in [6.45, 7) is 0. The van der Waals surface area contributed by atoms with Crippen molar-refractivity contribution in [3.63, 3.8) is 0 Å². The molecule has 0 aliphatic rings. The minimum Gasteiger partial charge on any atom is -0.457 e. The number of anilines is 1. The summed E-state index contributed by atoms with van der Waals surface area (Å²) >= 11 is 0. The van der Waals surface area contributed by atoms with Crippen LogP contribution in [0.5, 0.6) is 11.5 Å². The van der Waals surface area contributed by atoms with Crippen LogP contribution in [0.25, 0.3) is 22.5 Å². The number of amidine groups is 1. The maximum Gasteiger partial charge on any atom is 0.127 e. The highest BCUT2D eigenvalue weighted by Gasteiger charge is 2.16. The van der Waals surface area contributed by atoms with Crippen molar-refractivity contribution in [1.29, 1.82) is 5.41 Å². The fourth-order valence-electron chi connectivity index (χ4n) is 3.02. The van der Waals surface area contributed by atoms with E-state index in [-0.39, 0.29) is 5.84 Å². The summed E-state index contributed by atoms with van der Waals surface area (Å²) in [5.41, 5.74) is 15.7. The quantitative estimate of drug-likeness (QED) is 0.349. The number of aromatic nitrogens is 2. The predicted molar refractivity (Wildman–Crippen MR) is 115 cm³/mol. The Morgan fingerprint density at radius 3 is 2.24 bits per heavy atom. The van der Waals surface area contributed by atoms with Crippen LogP contribution in [0.4, 0.5) is 5.69 Å². The maximum absolute atomic E-state index is 7.95. The first-order valence-electron chi connectivity index (χ1n) is 9.00. The molecule has 142 valence electrons. The van der Waals surface area contributed by atoms with Crippen molar-refractivity contribution in [1.82, 2.24) is 9.97 Å². The van der Waals surface area contributed by atoms with E-state index in [2.05, 4.69) is 4.98 Å². The zero-order chi connectivity index (χ0) is 20.2. The number of nitrogen functional groups attached to an aromatic ring is 2. The van der Waals surface area contributed by atoms with Crippen molar-refractivity contribution in [2.24, 2.45) is 5.73 Å². The number of hydrogen-bond donors (Lipinski definition) is 3. The second-order valence-corrected chi connectivity index (χ2v) is 6.42. The topological polar surface area (TPSA) is 111 Å². The molecule has 6 nitrogen and oxygen atoms in total. The minimum absolute atomic E-state index is 0.132. The van der Waals surface area contributed by atoms with Crippen LogP contribution in [0, 0.1) is 5.41 Å². The van der Waals surface area contributed by atoms with Gasteiger partial charge in [0.2, 0.25) is 0 Å². The molecule has 0 radical (unpaired) electrons. The minimum atomic E-state index is -0.132. The summed E-state index contributed by atoms with van der Waals surface area (Å²) in [6.07, 6.45) is 3.42. The van der Waals surface area contributed by atoms with E-state index in [4.69, 9.17) is 26.6 Å². The molecule has 0 atom stereocenters. The number of hydrogen-bond acceptors (Lipinski definition) is 5. The number of rotatable bonds is 5. The van der Waals surface area contributed by atoms with E-state index in [0.29, 0.717) is 28.4 Å². The highest BCUT2D eigenvalue weighted by atomic mass is 16.5. The van der Waals surface area contributed by atoms with E-state index in [9.17, 15) is 0 Å². The Hall–Kier alpha value is -4.19. The highest BCUT2D eigenvalue weighted by molar-refractivity contribution is 6.05. The van der Waals surface area contributed by atoms with Gasteiger partial charge in [0.05, 0.1) is 17.0 Å². The molecule has 2 aromatic heterocycles. The van der Waals surface area contributed by atoms with Crippen molar-refractivity contribution < 1.29 is 4.74 Å². The van der Waals surface area contributed by atoms with E-state index < -0.39 is 0 Å². The molecular weight excluding hydrogens is 362 g/mol. The molecule has 0 spiro atoms. The molecule has 0 fully saturated rings. The lowest BCUT2D eigenvalue weighted by molar-refractivity contribution is 0.483. The average Bonchev–Trinajstić information content (AvgIpc) is 2.75. The van der Waals surface area contributed by atoms with Gasteiger partial charge in [-0.05, 0) is 54.6 Å². The molecule has 2 heterocycles. The summed E-state index contributed by atoms with van der Waals surface area (Å²) in [4.78, 5) is 8.87. The lowest BCUT2D eigenvalue weighted by Gasteiger charge is -2.14. The molecule has 0 bridgehead atoms. The van der Waals surface area contributed by atoms with Gasteiger partial charge in [0, 0.05) is 29.2 Å². The Bertz CT molecular complexity index is 1140. The van der Waals surface area contributed by atoms with Crippen LogP contribution < -0.4 is 16.2 Å². The van der Waals surface area contributed by atoms with Crippen LogP contribution >= 0.6 is 0 Å². The molecule has 0 unspecified atom stereocenters. The summed E-state index contributed by atoms with van der Waals surface area (Å²) in [6, 6.07) is 22.4. The van der Waals surface area contributed by atoms with Crippen LogP contribution in [0.2, 0.25) is 0 Å². The van der Waals surface area contributed by atoms with Crippen LogP contribution in [-0.4, -0.2) is 15.8 Å². The third-order valence-electron chi connectivity index (χ3n) is 4.38. The summed E-state index contributed by atoms with van der Waals surface area (Å²) in [5, 5.41) is 7.95. The van der Waals surface area contributed by atoms with Crippen LogP contribution in [-0.2, 0) is 0 Å². The molecule has 0 aliphatic heterocycles. The number of nitrogens with one attached hydrogen (secondary N) is 1. The fraction of sp³-hybridized carbons (Fsp3) is 0. The van der Waals surface area contributed by atoms with E-state index in [1.807, 2.05) is 66.7 Å². The number of benzene rings is 2. The van der Waals surface area contributed by atoms with Gasteiger partial charge in [0.25, 0.3) is 0 Å². The largest absolute Gasteiger partial charge is 0.457 e. The first-order valence-corrected chi connectivity index (χ1v) is 9.00. The van der Waals surface area contributed by atoms with Gasteiger partial charge in [-0.2, -0.15) is 0 Å². The fourth-order valence-corrected chi connectivity index (χ4v) is 3.02. The van der Waals surface area contributed by atoms with Gasteiger partial charge in [-0.15, -0.1) is 0 Å². The maximum atomic E-state index is 7.95. The highest BCUT2D eigenvalue weighted by Crippen LogP contribution is 2.32. The summed E-state index contributed by atoms with van der Waals surface area (Å²) in [5.74, 6) is 1.32. The molecule has 2 aromatic carbocycles. The first kappa shape index (κ1) is 18.2. The molecule has 0 aliphatic carbocycles. The van der Waals surface area contributed by atoms with Gasteiger partial charge in [0.1, 0.15) is 17.3 Å². The number of nitrogens with zero attached hydrogens (tertiary/aromatic N) is 2. The molecule has 0 saturated carbocycles. The zero-order valence-corrected chi connectivity index (χ0v) is 15.5. The monoisotopic (exact) mass is 381 g/mol. The standard InChI is InChI=1S/C23H19N5O/c24-19-13-20(16-5-4-12-27-14-16)28-22(21(19)23(25)26)15-8-10-18(11-9-15)29-17-6-2-1-3-7-17/h1-14H,(H2,24,28)(H3,25,26). The average molecular weight is 381 g/mol. The van der Waals surface area contributed by atoms with Crippen molar-refractivity contribution in [2.75, 3.05) is 5.73 Å². The number of pyridine rings is 2. The van der Waals surface area contributed by atoms with Crippen molar-refractivity contribution in [3.05, 3.63) is 90.8 Å². The second-order valence-electron chi connectivity index (χ2n) is 6.42. The molecular formula is C23H19N5O. The van der Waals surface area contributed by atoms with Gasteiger partial charge in [0.15, 0.2) is 0 Å². The molecule has 5 N–H and O–H groups in total. The molecule has 0 saturated heterocycles. The third kappa shape index (κ3) is 3.91. The van der Waals surface area contributed by atoms with E-state index >= 15 is 0 Å². The van der Waals surface area contributed by atoms with Gasteiger partial charge < -0.3 is 16.2 Å². The predicted octanol–water partition coefficient (Wildman–Crippen LogP) is 4.47. The van der Waals surface area contributed by atoms with Crippen molar-refractivity contribution in [3.8, 4) is 34.0 Å². The Labute approximate surface area is 168 Å². The molecule has 29 heavy (non-hydrogen) atoms. The van der Waals surface area contributed by atoms with E-state index in [0.717, 1.165) is 16.9 Å². The summed E-state index contributed by atoms with van der Waals surface area (Å²) in [7, 11) is 0. The van der Waals surface area contributed by atoms with Gasteiger partial charge in [-0.25, -0.2) is 4.98 Å². The Morgan fingerprint density at radius 1 is 0.862 bits per heavy atom. The Morgan fingerprint density at radius 2 is 1.59 bits per heavy atom. The van der Waals surface area contributed by atoms with Gasteiger partial charge >= 0.3 is 0 Å². The lowest BCUT2D eigenvalue weighted by Crippen LogP contribution is -2.16. The number of para-hydroxylation sites is 1. The van der Waals surface area contributed by atoms with Crippen LogP contribution in [0.15, 0.2) is 85.2 Å². The van der Waals surface area contributed by atoms with Crippen LogP contribution in [0.1, 0.15) is 5.56 Å².